The van der Waals surface area contributed by atoms with Gasteiger partial charge in [-0.1, -0.05) is 12.1 Å². The molecule has 2 aromatic rings. The van der Waals surface area contributed by atoms with Crippen molar-refractivity contribution in [1.29, 1.82) is 0 Å². The second kappa shape index (κ2) is 4.78. The van der Waals surface area contributed by atoms with Crippen molar-refractivity contribution in [2.75, 3.05) is 6.54 Å². The van der Waals surface area contributed by atoms with Crippen molar-refractivity contribution in [3.63, 3.8) is 0 Å². The van der Waals surface area contributed by atoms with E-state index in [1.165, 1.54) is 16.6 Å². The Kier molecular flexibility index (Phi) is 3.14. The number of hydrogen-bond donors (Lipinski definition) is 1. The lowest BCUT2D eigenvalue weighted by Gasteiger charge is -2.06. The van der Waals surface area contributed by atoms with Gasteiger partial charge in [0.2, 0.25) is 0 Å². The molecule has 0 amide bonds. The van der Waals surface area contributed by atoms with E-state index in [4.69, 9.17) is 10.7 Å². The SMILES string of the molecule is NCCC1CCc2sc(-c3cccc(F)c3)nc21. The highest BCUT2D eigenvalue weighted by Gasteiger charge is 2.26. The Balaban J connectivity index is 1.94. The van der Waals surface area contributed by atoms with Gasteiger partial charge in [0.25, 0.3) is 0 Å². The van der Waals surface area contributed by atoms with Gasteiger partial charge in [-0.25, -0.2) is 9.37 Å². The number of fused-ring (bicyclic) bond motifs is 1. The van der Waals surface area contributed by atoms with Gasteiger partial charge in [-0.2, -0.15) is 0 Å². The van der Waals surface area contributed by atoms with E-state index in [0.29, 0.717) is 12.5 Å². The summed E-state index contributed by atoms with van der Waals surface area (Å²) < 4.78 is 13.2. The maximum absolute atomic E-state index is 13.2. The summed E-state index contributed by atoms with van der Waals surface area (Å²) >= 11 is 1.69. The van der Waals surface area contributed by atoms with E-state index < -0.39 is 0 Å². The quantitative estimate of drug-likeness (QED) is 0.921. The maximum atomic E-state index is 13.2. The highest BCUT2D eigenvalue weighted by atomic mass is 32.1. The first kappa shape index (κ1) is 11.8. The van der Waals surface area contributed by atoms with Gasteiger partial charge in [0.05, 0.1) is 5.69 Å². The van der Waals surface area contributed by atoms with Crippen molar-refractivity contribution in [3.8, 4) is 10.6 Å². The molecule has 1 aliphatic rings. The van der Waals surface area contributed by atoms with Crippen LogP contribution in [-0.2, 0) is 6.42 Å². The average Bonchev–Trinajstić information content (AvgIpc) is 2.92. The van der Waals surface area contributed by atoms with E-state index in [9.17, 15) is 4.39 Å². The summed E-state index contributed by atoms with van der Waals surface area (Å²) in [7, 11) is 0. The number of benzene rings is 1. The Morgan fingerprint density at radius 3 is 3.11 bits per heavy atom. The minimum absolute atomic E-state index is 0.207. The lowest BCUT2D eigenvalue weighted by atomic mass is 10.0. The maximum Gasteiger partial charge on any atom is 0.123 e. The van der Waals surface area contributed by atoms with Crippen molar-refractivity contribution >= 4 is 11.3 Å². The van der Waals surface area contributed by atoms with Gasteiger partial charge in [0.15, 0.2) is 0 Å². The Bertz CT molecular complexity index is 565. The van der Waals surface area contributed by atoms with Gasteiger partial charge >= 0.3 is 0 Å². The molecule has 3 rings (SSSR count). The van der Waals surface area contributed by atoms with E-state index in [0.717, 1.165) is 29.8 Å². The number of aromatic nitrogens is 1. The lowest BCUT2D eigenvalue weighted by molar-refractivity contribution is 0.616. The molecule has 0 bridgehead atoms. The lowest BCUT2D eigenvalue weighted by Crippen LogP contribution is -2.05. The fourth-order valence-corrected chi connectivity index (χ4v) is 3.69. The summed E-state index contributed by atoms with van der Waals surface area (Å²) in [6, 6.07) is 6.65. The van der Waals surface area contributed by atoms with Crippen LogP contribution in [0.1, 0.15) is 29.3 Å². The number of nitrogens with two attached hydrogens (primary N) is 1. The first-order valence-corrected chi connectivity index (χ1v) is 7.05. The van der Waals surface area contributed by atoms with Crippen LogP contribution in [0.2, 0.25) is 0 Å². The van der Waals surface area contributed by atoms with Gasteiger partial charge in [-0.3, -0.25) is 0 Å². The zero-order valence-corrected chi connectivity index (χ0v) is 10.8. The Morgan fingerprint density at radius 2 is 2.33 bits per heavy atom. The third kappa shape index (κ3) is 2.06. The van der Waals surface area contributed by atoms with Crippen LogP contribution < -0.4 is 5.73 Å². The van der Waals surface area contributed by atoms with E-state index in [2.05, 4.69) is 0 Å². The molecule has 0 fully saturated rings. The van der Waals surface area contributed by atoms with E-state index >= 15 is 0 Å². The monoisotopic (exact) mass is 262 g/mol. The van der Waals surface area contributed by atoms with Crippen LogP contribution in [0.25, 0.3) is 10.6 Å². The third-order valence-corrected chi connectivity index (χ3v) is 4.60. The normalized spacial score (nSPS) is 18.0. The number of thiazole rings is 1. The Labute approximate surface area is 110 Å². The fourth-order valence-electron chi connectivity index (χ4n) is 2.53. The van der Waals surface area contributed by atoms with E-state index in [1.54, 1.807) is 23.5 Å². The van der Waals surface area contributed by atoms with E-state index in [1.807, 2.05) is 6.07 Å². The second-order valence-electron chi connectivity index (χ2n) is 4.65. The average molecular weight is 262 g/mol. The summed E-state index contributed by atoms with van der Waals surface area (Å²) in [5.74, 6) is 0.296. The number of aryl methyl sites for hydroxylation is 1. The molecule has 1 aromatic carbocycles. The first-order valence-electron chi connectivity index (χ1n) is 6.23. The minimum atomic E-state index is -0.207. The van der Waals surface area contributed by atoms with Gasteiger partial charge in [-0.15, -0.1) is 11.3 Å². The molecule has 1 unspecified atom stereocenters. The molecule has 2 nitrogen and oxygen atoms in total. The van der Waals surface area contributed by atoms with Crippen molar-refractivity contribution < 1.29 is 4.39 Å². The number of hydrogen-bond acceptors (Lipinski definition) is 3. The third-order valence-electron chi connectivity index (χ3n) is 3.42. The molecule has 18 heavy (non-hydrogen) atoms. The zero-order chi connectivity index (χ0) is 12.5. The van der Waals surface area contributed by atoms with Crippen LogP contribution in [0.5, 0.6) is 0 Å². The predicted molar refractivity (Wildman–Crippen MR) is 72.2 cm³/mol. The van der Waals surface area contributed by atoms with Crippen LogP contribution in [0.15, 0.2) is 24.3 Å². The van der Waals surface area contributed by atoms with Crippen LogP contribution >= 0.6 is 11.3 Å². The summed E-state index contributed by atoms with van der Waals surface area (Å²) in [5, 5.41) is 0.932. The van der Waals surface area contributed by atoms with Crippen LogP contribution in [-0.4, -0.2) is 11.5 Å². The van der Waals surface area contributed by atoms with Crippen molar-refractivity contribution in [1.82, 2.24) is 4.98 Å². The van der Waals surface area contributed by atoms with Crippen LogP contribution in [0.3, 0.4) is 0 Å². The number of rotatable bonds is 3. The molecule has 2 N–H and O–H groups in total. The molecule has 0 aliphatic heterocycles. The first-order chi connectivity index (χ1) is 8.78. The number of halogens is 1. The minimum Gasteiger partial charge on any atom is -0.330 e. The summed E-state index contributed by atoms with van der Waals surface area (Å²) in [5.41, 5.74) is 7.70. The van der Waals surface area contributed by atoms with Gasteiger partial charge in [0, 0.05) is 16.4 Å². The largest absolute Gasteiger partial charge is 0.330 e. The smallest absolute Gasteiger partial charge is 0.123 e. The van der Waals surface area contributed by atoms with E-state index in [-0.39, 0.29) is 5.82 Å². The number of nitrogens with zero attached hydrogens (tertiary/aromatic N) is 1. The molecule has 0 saturated carbocycles. The van der Waals surface area contributed by atoms with Crippen LogP contribution in [0.4, 0.5) is 4.39 Å². The molecule has 0 radical (unpaired) electrons. The molecule has 0 spiro atoms. The Hall–Kier alpha value is -1.26. The zero-order valence-electron chi connectivity index (χ0n) is 10.0. The predicted octanol–water partition coefficient (Wildman–Crippen LogP) is 3.33. The summed E-state index contributed by atoms with van der Waals surface area (Å²) in [6.45, 7) is 0.705. The molecule has 1 aromatic heterocycles. The molecular weight excluding hydrogens is 247 g/mol. The molecular formula is C14H15FN2S. The highest BCUT2D eigenvalue weighted by Crippen LogP contribution is 2.40. The van der Waals surface area contributed by atoms with Gasteiger partial charge in [0.1, 0.15) is 10.8 Å². The summed E-state index contributed by atoms with van der Waals surface area (Å²) in [4.78, 5) is 6.05. The molecule has 1 aliphatic carbocycles. The molecule has 0 saturated heterocycles. The molecule has 1 heterocycles. The van der Waals surface area contributed by atoms with Crippen molar-refractivity contribution in [2.45, 2.75) is 25.2 Å². The van der Waals surface area contributed by atoms with Gasteiger partial charge < -0.3 is 5.73 Å². The molecule has 4 heteroatoms. The molecule has 1 atom stereocenters. The topological polar surface area (TPSA) is 38.9 Å². The second-order valence-corrected chi connectivity index (χ2v) is 5.73. The van der Waals surface area contributed by atoms with Gasteiger partial charge in [-0.05, 0) is 37.9 Å². The highest BCUT2D eigenvalue weighted by molar-refractivity contribution is 7.15. The Morgan fingerprint density at radius 1 is 1.44 bits per heavy atom. The van der Waals surface area contributed by atoms with Crippen LogP contribution in [0, 0.1) is 5.82 Å². The van der Waals surface area contributed by atoms with Crippen molar-refractivity contribution in [2.24, 2.45) is 5.73 Å². The standard InChI is InChI=1S/C14H15FN2S/c15-11-3-1-2-10(8-11)14-17-13-9(6-7-16)4-5-12(13)18-14/h1-3,8-9H,4-7,16H2. The van der Waals surface area contributed by atoms with Crippen molar-refractivity contribution in [3.05, 3.63) is 40.7 Å². The molecule has 94 valence electrons. The fraction of sp³-hybridized carbons (Fsp3) is 0.357. The summed E-state index contributed by atoms with van der Waals surface area (Å²) in [6.07, 6.45) is 3.25.